The van der Waals surface area contributed by atoms with Crippen LogP contribution in [0.4, 0.5) is 4.39 Å². The van der Waals surface area contributed by atoms with Gasteiger partial charge < -0.3 is 10.3 Å². The fourth-order valence-electron chi connectivity index (χ4n) is 1.79. The number of benzene rings is 1. The molecule has 2 aromatic rings. The van der Waals surface area contributed by atoms with Crippen molar-refractivity contribution in [2.24, 2.45) is 0 Å². The van der Waals surface area contributed by atoms with Crippen LogP contribution in [0.15, 0.2) is 18.3 Å². The lowest BCUT2D eigenvalue weighted by atomic mass is 10.1. The maximum Gasteiger partial charge on any atom is 0.142 e. The Morgan fingerprint density at radius 2 is 2.11 bits per heavy atom. The zero-order chi connectivity index (χ0) is 13.8. The number of aromatic nitrogens is 2. The predicted molar refractivity (Wildman–Crippen MR) is 76.2 cm³/mol. The molecule has 0 spiro atoms. The van der Waals surface area contributed by atoms with E-state index in [0.29, 0.717) is 16.3 Å². The van der Waals surface area contributed by atoms with Crippen LogP contribution in [0.25, 0.3) is 11.3 Å². The summed E-state index contributed by atoms with van der Waals surface area (Å²) in [7, 11) is 1.91. The first-order valence-corrected chi connectivity index (χ1v) is 6.71. The van der Waals surface area contributed by atoms with E-state index >= 15 is 0 Å². The minimum atomic E-state index is -0.493. The van der Waals surface area contributed by atoms with E-state index in [9.17, 15) is 4.39 Å². The van der Waals surface area contributed by atoms with Gasteiger partial charge in [0.15, 0.2) is 0 Å². The molecule has 0 atom stereocenters. The van der Waals surface area contributed by atoms with E-state index in [0.717, 1.165) is 25.2 Å². The van der Waals surface area contributed by atoms with Gasteiger partial charge in [-0.1, -0.05) is 23.2 Å². The van der Waals surface area contributed by atoms with Gasteiger partial charge in [-0.2, -0.15) is 0 Å². The number of aryl methyl sites for hydroxylation is 1. The van der Waals surface area contributed by atoms with Crippen molar-refractivity contribution in [3.05, 3.63) is 40.0 Å². The summed E-state index contributed by atoms with van der Waals surface area (Å²) < 4.78 is 13.5. The number of halogens is 3. The van der Waals surface area contributed by atoms with Crippen molar-refractivity contribution in [1.82, 2.24) is 15.3 Å². The van der Waals surface area contributed by atoms with Crippen LogP contribution < -0.4 is 5.32 Å². The second-order valence-electron chi connectivity index (χ2n) is 4.20. The molecule has 0 amide bonds. The monoisotopic (exact) mass is 301 g/mol. The highest BCUT2D eigenvalue weighted by molar-refractivity contribution is 6.36. The van der Waals surface area contributed by atoms with E-state index in [1.165, 1.54) is 12.1 Å². The van der Waals surface area contributed by atoms with Gasteiger partial charge in [-0.25, -0.2) is 9.37 Å². The van der Waals surface area contributed by atoms with Gasteiger partial charge in [-0.05, 0) is 32.1 Å². The first kappa shape index (κ1) is 14.3. The Labute approximate surface area is 121 Å². The van der Waals surface area contributed by atoms with Crippen LogP contribution in [-0.4, -0.2) is 23.6 Å². The second kappa shape index (κ2) is 6.37. The molecule has 1 aromatic heterocycles. The molecule has 2 N–H and O–H groups in total. The molecule has 0 unspecified atom stereocenters. The average molecular weight is 302 g/mol. The Morgan fingerprint density at radius 1 is 1.32 bits per heavy atom. The molecule has 3 nitrogen and oxygen atoms in total. The maximum atomic E-state index is 13.5. The van der Waals surface area contributed by atoms with Gasteiger partial charge in [0.2, 0.25) is 0 Å². The molecule has 0 saturated heterocycles. The van der Waals surface area contributed by atoms with E-state index in [-0.39, 0.29) is 5.02 Å². The molecule has 1 heterocycles. The van der Waals surface area contributed by atoms with Crippen LogP contribution >= 0.6 is 23.2 Å². The highest BCUT2D eigenvalue weighted by Crippen LogP contribution is 2.31. The van der Waals surface area contributed by atoms with Crippen molar-refractivity contribution in [3.63, 3.8) is 0 Å². The number of nitrogens with zero attached hydrogens (tertiary/aromatic N) is 1. The lowest BCUT2D eigenvalue weighted by Crippen LogP contribution is -2.08. The topological polar surface area (TPSA) is 40.7 Å². The zero-order valence-corrected chi connectivity index (χ0v) is 11.9. The van der Waals surface area contributed by atoms with Gasteiger partial charge >= 0.3 is 0 Å². The van der Waals surface area contributed by atoms with Gasteiger partial charge in [0.05, 0.1) is 21.9 Å². The van der Waals surface area contributed by atoms with E-state index in [2.05, 4.69) is 15.3 Å². The smallest absolute Gasteiger partial charge is 0.142 e. The Kier molecular flexibility index (Phi) is 4.80. The maximum absolute atomic E-state index is 13.5. The average Bonchev–Trinajstić information content (AvgIpc) is 2.83. The third-order valence-electron chi connectivity index (χ3n) is 2.77. The summed E-state index contributed by atoms with van der Waals surface area (Å²) in [5.41, 5.74) is 1.26. The van der Waals surface area contributed by atoms with Gasteiger partial charge in [0.1, 0.15) is 11.6 Å². The second-order valence-corrected chi connectivity index (χ2v) is 5.01. The van der Waals surface area contributed by atoms with Gasteiger partial charge in [0.25, 0.3) is 0 Å². The molecule has 0 aliphatic rings. The van der Waals surface area contributed by atoms with Gasteiger partial charge in [0, 0.05) is 12.0 Å². The summed E-state index contributed by atoms with van der Waals surface area (Å²) in [5.74, 6) is 0.365. The Morgan fingerprint density at radius 3 is 2.84 bits per heavy atom. The summed E-state index contributed by atoms with van der Waals surface area (Å²) in [4.78, 5) is 7.40. The minimum absolute atomic E-state index is 0.0162. The molecule has 19 heavy (non-hydrogen) atoms. The number of hydrogen-bond acceptors (Lipinski definition) is 2. The molecule has 102 valence electrons. The number of rotatable bonds is 5. The highest BCUT2D eigenvalue weighted by Gasteiger charge is 2.11. The molecule has 0 aliphatic carbocycles. The Balaban J connectivity index is 2.20. The van der Waals surface area contributed by atoms with Crippen LogP contribution in [0.3, 0.4) is 0 Å². The van der Waals surface area contributed by atoms with Crippen LogP contribution in [0, 0.1) is 5.82 Å². The number of imidazole rings is 1. The van der Waals surface area contributed by atoms with Crippen LogP contribution in [0.1, 0.15) is 12.2 Å². The molecule has 0 saturated carbocycles. The van der Waals surface area contributed by atoms with Crippen molar-refractivity contribution in [2.75, 3.05) is 13.6 Å². The summed E-state index contributed by atoms with van der Waals surface area (Å²) in [6.07, 6.45) is 3.46. The molecule has 0 radical (unpaired) electrons. The number of hydrogen-bond donors (Lipinski definition) is 2. The van der Waals surface area contributed by atoms with Gasteiger partial charge in [-0.3, -0.25) is 0 Å². The van der Waals surface area contributed by atoms with E-state index in [1.807, 2.05) is 7.05 Å². The summed E-state index contributed by atoms with van der Waals surface area (Å²) in [6.45, 7) is 0.923. The molecule has 0 aliphatic heterocycles. The number of nitrogens with one attached hydrogen (secondary N) is 2. The minimum Gasteiger partial charge on any atom is -0.342 e. The third-order valence-corrected chi connectivity index (χ3v) is 3.37. The largest absolute Gasteiger partial charge is 0.342 e. The molecular formula is C13H14Cl2FN3. The first-order valence-electron chi connectivity index (χ1n) is 5.95. The standard InChI is InChI=1S/C13H14Cl2FN3/c1-17-4-2-3-13-18-7-12(19-13)8-5-11(16)10(15)6-9(8)14/h5-7,17H,2-4H2,1H3,(H,18,19). The van der Waals surface area contributed by atoms with Crippen LogP contribution in [0.5, 0.6) is 0 Å². The molecule has 6 heteroatoms. The van der Waals surface area contributed by atoms with Crippen LogP contribution in [-0.2, 0) is 6.42 Å². The number of aromatic amines is 1. The quantitative estimate of drug-likeness (QED) is 0.653. The van der Waals surface area contributed by atoms with E-state index < -0.39 is 5.82 Å². The number of H-pyrrole nitrogens is 1. The summed E-state index contributed by atoms with van der Waals surface area (Å²) in [6, 6.07) is 2.71. The van der Waals surface area contributed by atoms with E-state index in [4.69, 9.17) is 23.2 Å². The van der Waals surface area contributed by atoms with Crippen molar-refractivity contribution in [1.29, 1.82) is 0 Å². The van der Waals surface area contributed by atoms with Crippen molar-refractivity contribution in [3.8, 4) is 11.3 Å². The third kappa shape index (κ3) is 3.47. The van der Waals surface area contributed by atoms with Crippen LogP contribution in [0.2, 0.25) is 10.0 Å². The Bertz CT molecular complexity index is 569. The molecule has 0 fully saturated rings. The molecular weight excluding hydrogens is 288 g/mol. The Hall–Kier alpha value is -1.10. The van der Waals surface area contributed by atoms with Crippen molar-refractivity contribution in [2.45, 2.75) is 12.8 Å². The first-order chi connectivity index (χ1) is 9.11. The lowest BCUT2D eigenvalue weighted by Gasteiger charge is -2.03. The fourth-order valence-corrected chi connectivity index (χ4v) is 2.27. The predicted octanol–water partition coefficient (Wildman–Crippen LogP) is 3.67. The lowest BCUT2D eigenvalue weighted by molar-refractivity contribution is 0.628. The normalized spacial score (nSPS) is 10.9. The molecule has 2 rings (SSSR count). The zero-order valence-electron chi connectivity index (χ0n) is 10.4. The molecule has 0 bridgehead atoms. The van der Waals surface area contributed by atoms with Gasteiger partial charge in [-0.15, -0.1) is 0 Å². The van der Waals surface area contributed by atoms with Crippen molar-refractivity contribution >= 4 is 23.2 Å². The molecule has 1 aromatic carbocycles. The van der Waals surface area contributed by atoms with E-state index in [1.54, 1.807) is 6.20 Å². The fraction of sp³-hybridized carbons (Fsp3) is 0.308. The summed E-state index contributed by atoms with van der Waals surface area (Å²) >= 11 is 11.7. The highest BCUT2D eigenvalue weighted by atomic mass is 35.5. The summed E-state index contributed by atoms with van der Waals surface area (Å²) in [5, 5.41) is 3.49. The van der Waals surface area contributed by atoms with Crippen molar-refractivity contribution < 1.29 is 4.39 Å². The SMILES string of the molecule is CNCCCc1ncc(-c2cc(F)c(Cl)cc2Cl)[nH]1.